The van der Waals surface area contributed by atoms with Crippen LogP contribution >= 0.6 is 0 Å². The number of nitrogens with zero attached hydrogens (tertiary/aromatic N) is 6. The Labute approximate surface area is 257 Å². The summed E-state index contributed by atoms with van der Waals surface area (Å²) in [6, 6.07) is 8.22. The first-order valence-corrected chi connectivity index (χ1v) is 18.8. The van der Waals surface area contributed by atoms with Crippen LogP contribution in [0.25, 0.3) is 33.9 Å². The van der Waals surface area contributed by atoms with E-state index in [0.717, 1.165) is 12.5 Å². The molecule has 0 saturated heterocycles. The Bertz CT molecular complexity index is 1610. The second kappa shape index (κ2) is 12.7. The summed E-state index contributed by atoms with van der Waals surface area (Å²) in [7, 11) is -1.20. The Morgan fingerprint density at radius 3 is 2.68 bits per heavy atom. The molecular weight excluding hydrogens is 581 g/mol. The van der Waals surface area contributed by atoms with Gasteiger partial charge in [-0.05, 0) is 64.3 Å². The molecule has 3 aromatic heterocycles. The van der Waals surface area contributed by atoms with Gasteiger partial charge in [0.05, 0.1) is 35.5 Å². The smallest absolute Gasteiger partial charge is 0.407 e. The van der Waals surface area contributed by atoms with Crippen LogP contribution in [0.3, 0.4) is 0 Å². The quantitative estimate of drug-likeness (QED) is 0.177. The average Bonchev–Trinajstić information content (AvgIpc) is 3.56. The lowest BCUT2D eigenvalue weighted by Gasteiger charge is -2.37. The number of halogens is 1. The summed E-state index contributed by atoms with van der Waals surface area (Å²) in [6.45, 7) is 13.2. The fourth-order valence-electron chi connectivity index (χ4n) is 5.35. The second-order valence-electron chi connectivity index (χ2n) is 13.5. The Morgan fingerprint density at radius 2 is 1.95 bits per heavy atom. The second-order valence-corrected chi connectivity index (χ2v) is 19.2. The van der Waals surface area contributed by atoms with E-state index in [4.69, 9.17) is 14.5 Å². The molecule has 3 atom stereocenters. The molecule has 2 N–H and O–H groups in total. The molecule has 4 aromatic rings. The molecule has 3 heterocycles. The van der Waals surface area contributed by atoms with Crippen LogP contribution in [0.2, 0.25) is 25.7 Å². The number of fused-ring (bicyclic) bond motifs is 1. The molecule has 1 aliphatic carbocycles. The number of amides is 1. The zero-order valence-corrected chi connectivity index (χ0v) is 27.2. The van der Waals surface area contributed by atoms with Gasteiger partial charge in [0.2, 0.25) is 0 Å². The van der Waals surface area contributed by atoms with Crippen molar-refractivity contribution < 1.29 is 23.8 Å². The van der Waals surface area contributed by atoms with Gasteiger partial charge in [0.15, 0.2) is 5.82 Å². The van der Waals surface area contributed by atoms with Gasteiger partial charge in [0.1, 0.15) is 41.5 Å². The molecule has 44 heavy (non-hydrogen) atoms. The van der Waals surface area contributed by atoms with Gasteiger partial charge in [-0.15, -0.1) is 5.10 Å². The van der Waals surface area contributed by atoms with Gasteiger partial charge in [-0.2, -0.15) is 0 Å². The van der Waals surface area contributed by atoms with E-state index >= 15 is 4.39 Å². The normalized spacial score (nSPS) is 19.3. The molecule has 0 unspecified atom stereocenters. The van der Waals surface area contributed by atoms with Crippen molar-refractivity contribution in [2.75, 3.05) is 6.61 Å². The minimum atomic E-state index is -1.20. The van der Waals surface area contributed by atoms with Gasteiger partial charge in [-0.1, -0.05) is 31.8 Å². The zero-order valence-electron chi connectivity index (χ0n) is 26.2. The molecule has 236 valence electrons. The Hall–Kier alpha value is -3.68. The third-order valence-electron chi connectivity index (χ3n) is 7.53. The van der Waals surface area contributed by atoms with E-state index < -0.39 is 43.8 Å². The van der Waals surface area contributed by atoms with E-state index in [2.05, 4.69) is 40.0 Å². The molecule has 1 aromatic carbocycles. The van der Waals surface area contributed by atoms with E-state index in [1.807, 2.05) is 10.6 Å². The number of pyridine rings is 1. The number of imidazole rings is 1. The molecule has 0 spiro atoms. The lowest BCUT2D eigenvalue weighted by atomic mass is 9.87. The van der Waals surface area contributed by atoms with Crippen molar-refractivity contribution in [3.8, 4) is 22.9 Å². The predicted molar refractivity (Wildman–Crippen MR) is 168 cm³/mol. The summed E-state index contributed by atoms with van der Waals surface area (Å²) in [5.41, 5.74) is 1.32. The molecular formula is C31H42FN7O4Si. The number of rotatable bonds is 9. The number of carbonyl (C=O) groups excluding carboxylic acids is 1. The third kappa shape index (κ3) is 7.51. The van der Waals surface area contributed by atoms with Gasteiger partial charge in [-0.3, -0.25) is 4.98 Å². The number of alkyl carbamates (subject to hydrolysis) is 1. The molecule has 1 aliphatic rings. The maximum absolute atomic E-state index is 15.2. The molecule has 11 nitrogen and oxygen atoms in total. The monoisotopic (exact) mass is 623 g/mol. The van der Waals surface area contributed by atoms with Crippen LogP contribution in [0.15, 0.2) is 42.9 Å². The molecule has 1 saturated carbocycles. The summed E-state index contributed by atoms with van der Waals surface area (Å²) in [5.74, 6) is 0.350. The number of aliphatic hydroxyl groups is 1. The first kappa shape index (κ1) is 31.7. The molecule has 1 fully saturated rings. The van der Waals surface area contributed by atoms with Crippen molar-refractivity contribution in [3.05, 3.63) is 48.7 Å². The number of benzene rings is 1. The fraction of sp³-hybridized carbons (Fsp3) is 0.516. The van der Waals surface area contributed by atoms with Crippen LogP contribution in [-0.4, -0.2) is 72.9 Å². The van der Waals surface area contributed by atoms with Crippen molar-refractivity contribution in [2.45, 2.75) is 96.2 Å². The van der Waals surface area contributed by atoms with Gasteiger partial charge < -0.3 is 24.5 Å². The number of hydrogen-bond donors (Lipinski definition) is 2. The summed E-state index contributed by atoms with van der Waals surface area (Å²) >= 11 is 0. The van der Waals surface area contributed by atoms with Crippen LogP contribution in [0.4, 0.5) is 9.18 Å². The highest BCUT2D eigenvalue weighted by Gasteiger charge is 2.37. The maximum Gasteiger partial charge on any atom is 0.407 e. The molecule has 0 aliphatic heterocycles. The molecule has 13 heteroatoms. The van der Waals surface area contributed by atoms with Gasteiger partial charge >= 0.3 is 6.09 Å². The Balaban J connectivity index is 1.48. The fourth-order valence-corrected chi connectivity index (χ4v) is 6.11. The van der Waals surface area contributed by atoms with Crippen LogP contribution in [-0.2, 0) is 16.2 Å². The summed E-state index contributed by atoms with van der Waals surface area (Å²) in [6.07, 6.45) is 3.54. The number of aromatic nitrogens is 6. The largest absolute Gasteiger partial charge is 0.444 e. The first-order valence-electron chi connectivity index (χ1n) is 15.1. The first-order chi connectivity index (χ1) is 20.8. The highest BCUT2D eigenvalue weighted by atomic mass is 28.3. The summed E-state index contributed by atoms with van der Waals surface area (Å²) in [5, 5.41) is 19.0. The SMILES string of the molecule is CC(C)(C)OC(=O)N[C@H]1CCC[C@@H](n2c(-c3ccccc3F)nc3cnc(-c4ncn(COCC[Si](C)(C)C)n4)cc32)[C@H]1O. The molecule has 5 rings (SSSR count). The maximum atomic E-state index is 15.2. The number of ether oxygens (including phenoxy) is 2. The van der Waals surface area contributed by atoms with E-state index in [1.165, 1.54) is 6.07 Å². The average molecular weight is 624 g/mol. The lowest BCUT2D eigenvalue weighted by molar-refractivity contribution is 0.0218. The summed E-state index contributed by atoms with van der Waals surface area (Å²) < 4.78 is 29.9. The number of aliphatic hydroxyl groups excluding tert-OH is 1. The Morgan fingerprint density at radius 1 is 1.18 bits per heavy atom. The zero-order chi connectivity index (χ0) is 31.6. The van der Waals surface area contributed by atoms with E-state index in [1.54, 1.807) is 56.2 Å². The molecule has 1 amide bonds. The molecule has 0 radical (unpaired) electrons. The molecule has 0 bridgehead atoms. The number of carbonyl (C=O) groups is 1. The van der Waals surface area contributed by atoms with E-state index in [-0.39, 0.29) is 6.73 Å². The van der Waals surface area contributed by atoms with Crippen LogP contribution in [0.1, 0.15) is 46.1 Å². The van der Waals surface area contributed by atoms with Crippen molar-refractivity contribution >= 4 is 25.2 Å². The minimum Gasteiger partial charge on any atom is -0.444 e. The number of nitrogens with one attached hydrogen (secondary N) is 1. The van der Waals surface area contributed by atoms with Crippen LogP contribution in [0, 0.1) is 5.82 Å². The lowest BCUT2D eigenvalue weighted by Crippen LogP contribution is -2.50. The third-order valence-corrected chi connectivity index (χ3v) is 9.24. The minimum absolute atomic E-state index is 0.287. The van der Waals surface area contributed by atoms with Gasteiger partial charge in [0.25, 0.3) is 0 Å². The standard InChI is InChI=1S/C31H42FN7O4Si/c1-31(2,3)43-30(41)36-22-12-9-13-25(27(22)40)39-26-16-23(28-34-18-38(37-28)19-42-14-15-44(4,5)6)33-17-24(26)35-29(39)20-10-7-8-11-21(20)32/h7-8,10-11,16-18,22,25,27,40H,9,12-15,19H2,1-6H3,(H,36,41)/t22-,25+,27-/m0/s1. The van der Waals surface area contributed by atoms with E-state index in [9.17, 15) is 9.90 Å². The van der Waals surface area contributed by atoms with Gasteiger partial charge in [0, 0.05) is 14.7 Å². The highest BCUT2D eigenvalue weighted by Crippen LogP contribution is 2.37. The predicted octanol–water partition coefficient (Wildman–Crippen LogP) is 5.79. The number of hydrogen-bond acceptors (Lipinski definition) is 8. The Kier molecular flexibility index (Phi) is 9.19. The van der Waals surface area contributed by atoms with E-state index in [0.29, 0.717) is 53.4 Å². The topological polar surface area (TPSA) is 129 Å². The van der Waals surface area contributed by atoms with Crippen LogP contribution in [0.5, 0.6) is 0 Å². The van der Waals surface area contributed by atoms with Crippen molar-refractivity contribution in [1.82, 2.24) is 34.6 Å². The highest BCUT2D eigenvalue weighted by molar-refractivity contribution is 6.76. The van der Waals surface area contributed by atoms with Gasteiger partial charge in [-0.25, -0.2) is 23.8 Å². The van der Waals surface area contributed by atoms with Crippen molar-refractivity contribution in [2.24, 2.45) is 0 Å². The van der Waals surface area contributed by atoms with Crippen molar-refractivity contribution in [1.29, 1.82) is 0 Å². The van der Waals surface area contributed by atoms with Crippen molar-refractivity contribution in [3.63, 3.8) is 0 Å². The summed E-state index contributed by atoms with van der Waals surface area (Å²) in [4.78, 5) is 26.4. The van der Waals surface area contributed by atoms with Crippen LogP contribution < -0.4 is 5.32 Å².